The second-order valence-electron chi connectivity index (χ2n) is 5.56. The third kappa shape index (κ3) is 5.42. The number of benzene rings is 1. The van der Waals surface area contributed by atoms with E-state index in [1.54, 1.807) is 20.2 Å². The molecule has 0 aliphatic rings. The molecular formula is C17H26N2O5. The Bertz CT molecular complexity index is 576. The number of carboxylic acids is 1. The Morgan fingerprint density at radius 2 is 1.96 bits per heavy atom. The summed E-state index contributed by atoms with van der Waals surface area (Å²) < 4.78 is 10.8. The molecular weight excluding hydrogens is 312 g/mol. The van der Waals surface area contributed by atoms with Gasteiger partial charge in [-0.25, -0.2) is 0 Å². The summed E-state index contributed by atoms with van der Waals surface area (Å²) in [5, 5.41) is 11.8. The lowest BCUT2D eigenvalue weighted by molar-refractivity contribution is -0.142. The molecule has 0 radical (unpaired) electrons. The summed E-state index contributed by atoms with van der Waals surface area (Å²) in [6, 6.07) is 4.52. The van der Waals surface area contributed by atoms with Crippen molar-refractivity contribution in [1.29, 1.82) is 0 Å². The second kappa shape index (κ2) is 9.12. The van der Waals surface area contributed by atoms with E-state index in [-0.39, 0.29) is 18.5 Å². The first-order chi connectivity index (χ1) is 11.3. The van der Waals surface area contributed by atoms with Crippen molar-refractivity contribution in [2.45, 2.75) is 32.9 Å². The first kappa shape index (κ1) is 19.8. The summed E-state index contributed by atoms with van der Waals surface area (Å²) >= 11 is 0. The van der Waals surface area contributed by atoms with Gasteiger partial charge in [0.25, 0.3) is 0 Å². The largest absolute Gasteiger partial charge is 0.493 e. The Hall–Kier alpha value is -2.28. The van der Waals surface area contributed by atoms with Gasteiger partial charge in [0, 0.05) is 0 Å². The van der Waals surface area contributed by atoms with Crippen LogP contribution in [0.3, 0.4) is 0 Å². The molecule has 0 saturated carbocycles. The van der Waals surface area contributed by atoms with Crippen molar-refractivity contribution >= 4 is 11.9 Å². The second-order valence-corrected chi connectivity index (χ2v) is 5.56. The summed E-state index contributed by atoms with van der Waals surface area (Å²) in [7, 11) is 3.16. The molecule has 7 heteroatoms. The minimum atomic E-state index is -0.963. The van der Waals surface area contributed by atoms with Crippen molar-refractivity contribution < 1.29 is 24.2 Å². The molecule has 1 rings (SSSR count). The van der Waals surface area contributed by atoms with Crippen molar-refractivity contribution in [3.8, 4) is 11.5 Å². The van der Waals surface area contributed by atoms with Crippen LogP contribution in [0.5, 0.6) is 11.5 Å². The summed E-state index contributed by atoms with van der Waals surface area (Å²) in [6.07, 6.45) is 0. The lowest BCUT2D eigenvalue weighted by Gasteiger charge is -2.22. The highest BCUT2D eigenvalue weighted by Crippen LogP contribution is 2.30. The molecule has 1 aromatic rings. The average Bonchev–Trinajstić information content (AvgIpc) is 2.54. The molecule has 0 aromatic heterocycles. The fraction of sp³-hybridized carbons (Fsp3) is 0.529. The molecule has 0 spiro atoms. The quantitative estimate of drug-likeness (QED) is 0.712. The Kier molecular flexibility index (Phi) is 7.51. The first-order valence-electron chi connectivity index (χ1n) is 7.83. The van der Waals surface area contributed by atoms with E-state index in [1.807, 2.05) is 26.0 Å². The predicted octanol–water partition coefficient (Wildman–Crippen LogP) is 1.68. The lowest BCUT2D eigenvalue weighted by atomic mass is 10.1. The van der Waals surface area contributed by atoms with Crippen LogP contribution in [0.15, 0.2) is 18.2 Å². The van der Waals surface area contributed by atoms with Gasteiger partial charge in [-0.05, 0) is 45.5 Å². The summed E-state index contributed by atoms with van der Waals surface area (Å²) in [6.45, 7) is 5.83. The van der Waals surface area contributed by atoms with Crippen molar-refractivity contribution in [3.63, 3.8) is 0 Å². The minimum absolute atomic E-state index is 0.00592. The molecule has 2 unspecified atom stereocenters. The summed E-state index contributed by atoms with van der Waals surface area (Å²) in [5.41, 5.74) is 0.873. The van der Waals surface area contributed by atoms with E-state index in [1.165, 1.54) is 11.8 Å². The van der Waals surface area contributed by atoms with Gasteiger partial charge in [0.1, 0.15) is 6.04 Å². The number of carboxylic acid groups (broad SMARTS) is 1. The third-order valence-electron chi connectivity index (χ3n) is 3.78. The minimum Gasteiger partial charge on any atom is -0.493 e. The molecule has 0 heterocycles. The number of likely N-dealkylation sites (N-methyl/N-ethyl adjacent to an activating group) is 1. The average molecular weight is 338 g/mol. The van der Waals surface area contributed by atoms with Gasteiger partial charge in [-0.15, -0.1) is 0 Å². The highest BCUT2D eigenvalue weighted by molar-refractivity contribution is 5.80. The normalized spacial score (nSPS) is 13.2. The van der Waals surface area contributed by atoms with Gasteiger partial charge in [-0.3, -0.25) is 14.5 Å². The zero-order valence-electron chi connectivity index (χ0n) is 14.8. The smallest absolute Gasteiger partial charge is 0.320 e. The van der Waals surface area contributed by atoms with E-state index in [0.29, 0.717) is 18.1 Å². The van der Waals surface area contributed by atoms with Crippen LogP contribution in [0.1, 0.15) is 32.4 Å². The maximum absolute atomic E-state index is 12.1. The SMILES string of the molecule is CCOc1ccc(C(C)NC(=O)CN(C)C(C)C(=O)O)cc1OC. The zero-order valence-corrected chi connectivity index (χ0v) is 14.8. The van der Waals surface area contributed by atoms with Crippen LogP contribution in [0.25, 0.3) is 0 Å². The van der Waals surface area contributed by atoms with Crippen molar-refractivity contribution in [2.75, 3.05) is 27.3 Å². The van der Waals surface area contributed by atoms with Gasteiger partial charge in [0.15, 0.2) is 11.5 Å². The van der Waals surface area contributed by atoms with Crippen molar-refractivity contribution in [3.05, 3.63) is 23.8 Å². The highest BCUT2D eigenvalue weighted by Gasteiger charge is 2.20. The van der Waals surface area contributed by atoms with E-state index < -0.39 is 12.0 Å². The first-order valence-corrected chi connectivity index (χ1v) is 7.83. The maximum Gasteiger partial charge on any atom is 0.320 e. The van der Waals surface area contributed by atoms with Gasteiger partial charge in [-0.1, -0.05) is 6.07 Å². The number of nitrogens with one attached hydrogen (secondary N) is 1. The van der Waals surface area contributed by atoms with Gasteiger partial charge in [0.05, 0.1) is 26.3 Å². The fourth-order valence-electron chi connectivity index (χ4n) is 2.15. The number of rotatable bonds is 9. The number of nitrogens with zero attached hydrogens (tertiary/aromatic N) is 1. The number of hydrogen-bond donors (Lipinski definition) is 2. The Morgan fingerprint density at radius 3 is 2.50 bits per heavy atom. The van der Waals surface area contributed by atoms with Crippen LogP contribution >= 0.6 is 0 Å². The van der Waals surface area contributed by atoms with Gasteiger partial charge >= 0.3 is 5.97 Å². The van der Waals surface area contributed by atoms with Gasteiger partial charge in [-0.2, -0.15) is 0 Å². The number of aliphatic carboxylic acids is 1. The molecule has 2 N–H and O–H groups in total. The topological polar surface area (TPSA) is 88.1 Å². The predicted molar refractivity (Wildman–Crippen MR) is 90.4 cm³/mol. The molecule has 0 saturated heterocycles. The van der Waals surface area contributed by atoms with Crippen LogP contribution in [0, 0.1) is 0 Å². The zero-order chi connectivity index (χ0) is 18.3. The summed E-state index contributed by atoms with van der Waals surface area (Å²) in [4.78, 5) is 24.5. The van der Waals surface area contributed by atoms with E-state index in [2.05, 4.69) is 5.32 Å². The van der Waals surface area contributed by atoms with Crippen molar-refractivity contribution in [2.24, 2.45) is 0 Å². The Balaban J connectivity index is 2.72. The standard InChI is InChI=1S/C17H26N2O5/c1-6-24-14-8-7-13(9-15(14)23-5)11(2)18-16(20)10-19(4)12(3)17(21)22/h7-9,11-12H,6,10H2,1-5H3,(H,18,20)(H,21,22). The number of carbonyl (C=O) groups is 2. The molecule has 0 bridgehead atoms. The monoisotopic (exact) mass is 338 g/mol. The molecule has 2 atom stereocenters. The third-order valence-corrected chi connectivity index (χ3v) is 3.78. The van der Waals surface area contributed by atoms with E-state index in [4.69, 9.17) is 14.6 Å². The molecule has 1 amide bonds. The van der Waals surface area contributed by atoms with Crippen LogP contribution in [0.2, 0.25) is 0 Å². The molecule has 0 fully saturated rings. The van der Waals surface area contributed by atoms with Crippen LogP contribution in [-0.2, 0) is 9.59 Å². The molecule has 0 aliphatic carbocycles. The highest BCUT2D eigenvalue weighted by atomic mass is 16.5. The maximum atomic E-state index is 12.1. The lowest BCUT2D eigenvalue weighted by Crippen LogP contribution is -2.43. The number of hydrogen-bond acceptors (Lipinski definition) is 5. The Labute approximate surface area is 142 Å². The van der Waals surface area contributed by atoms with E-state index in [9.17, 15) is 9.59 Å². The van der Waals surface area contributed by atoms with Gasteiger partial charge in [0.2, 0.25) is 5.91 Å². The molecule has 24 heavy (non-hydrogen) atoms. The van der Waals surface area contributed by atoms with Crippen molar-refractivity contribution in [1.82, 2.24) is 10.2 Å². The van der Waals surface area contributed by atoms with Crippen LogP contribution in [0.4, 0.5) is 0 Å². The molecule has 1 aromatic carbocycles. The van der Waals surface area contributed by atoms with E-state index in [0.717, 1.165) is 5.56 Å². The van der Waals surface area contributed by atoms with Gasteiger partial charge < -0.3 is 19.9 Å². The molecule has 134 valence electrons. The summed E-state index contributed by atoms with van der Waals surface area (Å²) in [5.74, 6) is 0.0462. The number of ether oxygens (including phenoxy) is 2. The number of carbonyl (C=O) groups excluding carboxylic acids is 1. The fourth-order valence-corrected chi connectivity index (χ4v) is 2.15. The molecule has 0 aliphatic heterocycles. The Morgan fingerprint density at radius 1 is 1.29 bits per heavy atom. The molecule has 7 nitrogen and oxygen atoms in total. The van der Waals surface area contributed by atoms with Crippen LogP contribution in [-0.4, -0.2) is 55.2 Å². The number of amides is 1. The van der Waals surface area contributed by atoms with Crippen LogP contribution < -0.4 is 14.8 Å². The number of methoxy groups -OCH3 is 1. The van der Waals surface area contributed by atoms with E-state index >= 15 is 0 Å².